The summed E-state index contributed by atoms with van der Waals surface area (Å²) in [4.78, 5) is 0. The van der Waals surface area contributed by atoms with Crippen molar-refractivity contribution in [2.24, 2.45) is 0 Å². The van der Waals surface area contributed by atoms with Gasteiger partial charge in [-0.15, -0.1) is 0 Å². The van der Waals surface area contributed by atoms with E-state index in [0.29, 0.717) is 0 Å². The van der Waals surface area contributed by atoms with Gasteiger partial charge < -0.3 is 11.1 Å². The molecule has 0 aliphatic heterocycles. The molecule has 0 bridgehead atoms. The first kappa shape index (κ1) is 24.3. The van der Waals surface area contributed by atoms with E-state index in [9.17, 15) is 0 Å². The number of para-hydroxylation sites is 1. The highest BCUT2D eigenvalue weighted by Gasteiger charge is 2.24. The Morgan fingerprint density at radius 3 is 1.77 bits per heavy atom. The number of rotatable bonds is 8. The number of nitrogen functional groups attached to an aromatic ring is 1. The minimum atomic E-state index is -0.00541. The summed E-state index contributed by atoms with van der Waals surface area (Å²) >= 11 is 0. The Morgan fingerprint density at radius 2 is 1.33 bits per heavy atom. The van der Waals surface area contributed by atoms with Crippen molar-refractivity contribution in [3.63, 3.8) is 0 Å². The van der Waals surface area contributed by atoms with Gasteiger partial charge in [0.25, 0.3) is 0 Å². The van der Waals surface area contributed by atoms with E-state index >= 15 is 0 Å². The average molecular weight is 409 g/mol. The highest BCUT2D eigenvalue weighted by Crippen LogP contribution is 2.40. The first-order chi connectivity index (χ1) is 14.0. The fourth-order valence-corrected chi connectivity index (χ4v) is 3.91. The summed E-state index contributed by atoms with van der Waals surface area (Å²) in [6, 6.07) is 11.4. The summed E-state index contributed by atoms with van der Waals surface area (Å²) in [7, 11) is 0. The van der Waals surface area contributed by atoms with Gasteiger partial charge in [-0.05, 0) is 64.8 Å². The summed E-state index contributed by atoms with van der Waals surface area (Å²) in [6.07, 6.45) is 7.02. The lowest BCUT2D eigenvalue weighted by atomic mass is 9.79. The van der Waals surface area contributed by atoms with Crippen molar-refractivity contribution in [2.45, 2.75) is 105 Å². The van der Waals surface area contributed by atoms with Crippen molar-refractivity contribution >= 4 is 17.1 Å². The van der Waals surface area contributed by atoms with Gasteiger partial charge in [-0.3, -0.25) is 0 Å². The molecule has 166 valence electrons. The Hall–Kier alpha value is -1.96. The van der Waals surface area contributed by atoms with Crippen LogP contribution in [0.2, 0.25) is 0 Å². The Balaban J connectivity index is 2.62. The van der Waals surface area contributed by atoms with Crippen LogP contribution in [-0.2, 0) is 23.7 Å². The lowest BCUT2D eigenvalue weighted by Gasteiger charge is -2.29. The molecule has 2 aromatic rings. The van der Waals surface area contributed by atoms with Crippen LogP contribution in [0.5, 0.6) is 0 Å². The van der Waals surface area contributed by atoms with Gasteiger partial charge in [-0.2, -0.15) is 0 Å². The molecule has 0 spiro atoms. The Bertz CT molecular complexity index is 809. The number of unbranched alkanes of at least 4 members (excludes halogenated alkanes) is 2. The van der Waals surface area contributed by atoms with Crippen molar-refractivity contribution in [3.05, 3.63) is 52.6 Å². The molecule has 0 aromatic heterocycles. The van der Waals surface area contributed by atoms with Gasteiger partial charge in [-0.25, -0.2) is 0 Å². The van der Waals surface area contributed by atoms with E-state index in [1.807, 2.05) is 0 Å². The van der Waals surface area contributed by atoms with Gasteiger partial charge in [0, 0.05) is 5.69 Å². The molecule has 0 radical (unpaired) electrons. The quantitative estimate of drug-likeness (QED) is 0.431. The first-order valence-corrected chi connectivity index (χ1v) is 11.8. The minimum Gasteiger partial charge on any atom is -0.397 e. The Kier molecular flexibility index (Phi) is 8.02. The van der Waals surface area contributed by atoms with Gasteiger partial charge in [0.2, 0.25) is 0 Å². The van der Waals surface area contributed by atoms with Crippen LogP contribution in [0.3, 0.4) is 0 Å². The number of benzene rings is 2. The van der Waals surface area contributed by atoms with Crippen molar-refractivity contribution < 1.29 is 0 Å². The van der Waals surface area contributed by atoms with Crippen molar-refractivity contribution in [1.29, 1.82) is 0 Å². The lowest BCUT2D eigenvalue weighted by molar-refractivity contribution is 0.570. The Morgan fingerprint density at radius 1 is 0.800 bits per heavy atom. The molecule has 2 nitrogen and oxygen atoms in total. The fraction of sp³-hybridized carbons (Fsp3) is 0.571. The molecule has 0 aliphatic rings. The molecule has 0 amide bonds. The van der Waals surface area contributed by atoms with Gasteiger partial charge >= 0.3 is 0 Å². The molecule has 0 saturated heterocycles. The number of anilines is 3. The topological polar surface area (TPSA) is 38.0 Å². The summed E-state index contributed by atoms with van der Waals surface area (Å²) in [5.74, 6) is 0. The number of nitrogens with one attached hydrogen (secondary N) is 1. The second kappa shape index (κ2) is 9.90. The predicted molar refractivity (Wildman–Crippen MR) is 135 cm³/mol. The molecule has 0 atom stereocenters. The van der Waals surface area contributed by atoms with Crippen LogP contribution in [0, 0.1) is 0 Å². The molecular formula is C28H44N2. The monoisotopic (exact) mass is 408 g/mol. The van der Waals surface area contributed by atoms with Crippen LogP contribution in [0.25, 0.3) is 0 Å². The van der Waals surface area contributed by atoms with Crippen LogP contribution >= 0.6 is 0 Å². The normalized spacial score (nSPS) is 12.3. The fourth-order valence-electron chi connectivity index (χ4n) is 3.91. The van der Waals surface area contributed by atoms with E-state index in [1.165, 1.54) is 53.6 Å². The molecule has 0 fully saturated rings. The minimum absolute atomic E-state index is 0.00541. The summed E-state index contributed by atoms with van der Waals surface area (Å²) in [5.41, 5.74) is 15.4. The molecule has 0 saturated carbocycles. The second-order valence-corrected chi connectivity index (χ2v) is 10.8. The maximum absolute atomic E-state index is 6.77. The third-order valence-corrected chi connectivity index (χ3v) is 5.95. The van der Waals surface area contributed by atoms with Crippen LogP contribution < -0.4 is 11.1 Å². The van der Waals surface area contributed by atoms with Crippen LogP contribution in [0.1, 0.15) is 103 Å². The molecule has 2 heteroatoms. The van der Waals surface area contributed by atoms with Crippen molar-refractivity contribution in [1.82, 2.24) is 0 Å². The molecule has 0 aliphatic carbocycles. The molecule has 0 unspecified atom stereocenters. The van der Waals surface area contributed by atoms with Gasteiger partial charge in [-0.1, -0.05) is 92.5 Å². The van der Waals surface area contributed by atoms with Gasteiger partial charge in [0.05, 0.1) is 11.4 Å². The number of hydrogen-bond donors (Lipinski definition) is 2. The van der Waals surface area contributed by atoms with E-state index in [4.69, 9.17) is 5.73 Å². The smallest absolute Gasteiger partial charge is 0.0624 e. The highest BCUT2D eigenvalue weighted by atomic mass is 14.9. The number of aryl methyl sites for hydroxylation is 2. The molecule has 2 aromatic carbocycles. The van der Waals surface area contributed by atoms with E-state index in [2.05, 4.69) is 91.0 Å². The summed E-state index contributed by atoms with van der Waals surface area (Å²) in [6.45, 7) is 18.1. The van der Waals surface area contributed by atoms with E-state index in [0.717, 1.165) is 24.2 Å². The highest BCUT2D eigenvalue weighted by molar-refractivity contribution is 5.79. The maximum atomic E-state index is 6.77. The number of hydrogen-bond acceptors (Lipinski definition) is 2. The third-order valence-electron chi connectivity index (χ3n) is 5.95. The first-order valence-electron chi connectivity index (χ1n) is 11.8. The lowest BCUT2D eigenvalue weighted by Crippen LogP contribution is -2.19. The predicted octanol–water partition coefficient (Wildman–Crippen LogP) is 8.29. The maximum Gasteiger partial charge on any atom is 0.0624 e. The van der Waals surface area contributed by atoms with E-state index < -0.39 is 0 Å². The van der Waals surface area contributed by atoms with Crippen LogP contribution in [-0.4, -0.2) is 0 Å². The zero-order chi connectivity index (χ0) is 22.5. The third kappa shape index (κ3) is 6.03. The van der Waals surface area contributed by atoms with E-state index in [1.54, 1.807) is 0 Å². The zero-order valence-corrected chi connectivity index (χ0v) is 20.7. The standard InChI is InChI=1S/C28H44N2/c1-9-11-14-20-16-13-17-21(15-12-10-2)26(20)30-24-19-22(27(3,4)5)18-23(25(24)29)28(6,7)8/h13,16-19,30H,9-12,14-15,29H2,1-8H3. The average Bonchev–Trinajstić information content (AvgIpc) is 2.65. The molecule has 3 N–H and O–H groups in total. The SMILES string of the molecule is CCCCc1cccc(CCCC)c1Nc1cc(C(C)(C)C)cc(C(C)(C)C)c1N. The van der Waals surface area contributed by atoms with Crippen LogP contribution in [0.15, 0.2) is 30.3 Å². The zero-order valence-electron chi connectivity index (χ0n) is 20.7. The van der Waals surface area contributed by atoms with Crippen molar-refractivity contribution in [3.8, 4) is 0 Å². The number of nitrogens with two attached hydrogens (primary N) is 1. The Labute approximate surface area is 185 Å². The van der Waals surface area contributed by atoms with Crippen molar-refractivity contribution in [2.75, 3.05) is 11.1 Å². The molecule has 0 heterocycles. The van der Waals surface area contributed by atoms with E-state index in [-0.39, 0.29) is 10.8 Å². The molecule has 2 rings (SSSR count). The largest absolute Gasteiger partial charge is 0.397 e. The summed E-state index contributed by atoms with van der Waals surface area (Å²) in [5, 5.41) is 3.83. The van der Waals surface area contributed by atoms with Gasteiger partial charge in [0.15, 0.2) is 0 Å². The van der Waals surface area contributed by atoms with Gasteiger partial charge in [0.1, 0.15) is 0 Å². The molecular weight excluding hydrogens is 364 g/mol. The summed E-state index contributed by atoms with van der Waals surface area (Å²) < 4.78 is 0. The molecule has 30 heavy (non-hydrogen) atoms. The van der Waals surface area contributed by atoms with Crippen LogP contribution in [0.4, 0.5) is 17.1 Å². The second-order valence-electron chi connectivity index (χ2n) is 10.8.